The fourth-order valence-electron chi connectivity index (χ4n) is 2.63. The number of nitrogens with zero attached hydrogens (tertiary/aromatic N) is 3. The second-order valence-electron chi connectivity index (χ2n) is 5.79. The van der Waals surface area contributed by atoms with Crippen molar-refractivity contribution < 1.29 is 4.79 Å². The van der Waals surface area contributed by atoms with E-state index in [0.29, 0.717) is 11.8 Å². The monoisotopic (exact) mass is 370 g/mol. The first-order valence-electron chi connectivity index (χ1n) is 7.55. The average Bonchev–Trinajstić information content (AvgIpc) is 2.83. The molecular formula is C15H19ClN4OS2. The number of aromatic nitrogens is 2. The lowest BCUT2D eigenvalue weighted by atomic mass is 10.1. The van der Waals surface area contributed by atoms with Crippen molar-refractivity contribution >= 4 is 50.8 Å². The molecule has 0 aliphatic carbocycles. The highest BCUT2D eigenvalue weighted by molar-refractivity contribution is 8.00. The molecule has 124 valence electrons. The van der Waals surface area contributed by atoms with Crippen molar-refractivity contribution in [3.8, 4) is 0 Å². The van der Waals surface area contributed by atoms with Crippen LogP contribution in [0, 0.1) is 6.92 Å². The minimum absolute atomic E-state index is 0.0655. The van der Waals surface area contributed by atoms with Crippen LogP contribution in [-0.4, -0.2) is 52.7 Å². The zero-order valence-electron chi connectivity index (χ0n) is 13.1. The summed E-state index contributed by atoms with van der Waals surface area (Å²) in [4.78, 5) is 23.0. The summed E-state index contributed by atoms with van der Waals surface area (Å²) < 4.78 is 1.70. The number of thiophene rings is 1. The summed E-state index contributed by atoms with van der Waals surface area (Å²) in [6.45, 7) is 4.03. The second kappa shape index (κ2) is 7.34. The number of piperidine rings is 1. The SMILES string of the molecule is Cc1c(Cl)sc2c(SCC(=O)NC3CCN(C)CC3)ncnc12. The van der Waals surface area contributed by atoms with E-state index in [1.165, 1.54) is 29.4 Å². The molecule has 1 amide bonds. The van der Waals surface area contributed by atoms with Gasteiger partial charge in [-0.15, -0.1) is 11.3 Å². The van der Waals surface area contributed by atoms with Gasteiger partial charge in [-0.1, -0.05) is 23.4 Å². The zero-order chi connectivity index (χ0) is 16.4. The number of fused-ring (bicyclic) bond motifs is 1. The van der Waals surface area contributed by atoms with E-state index in [-0.39, 0.29) is 5.91 Å². The fourth-order valence-corrected chi connectivity index (χ4v) is 4.83. The summed E-state index contributed by atoms with van der Waals surface area (Å²) in [5.74, 6) is 0.434. The highest BCUT2D eigenvalue weighted by Crippen LogP contribution is 2.37. The van der Waals surface area contributed by atoms with Gasteiger partial charge in [0.05, 0.1) is 20.3 Å². The number of carbonyl (C=O) groups is 1. The van der Waals surface area contributed by atoms with Gasteiger partial charge in [-0.25, -0.2) is 9.97 Å². The van der Waals surface area contributed by atoms with Gasteiger partial charge in [0.25, 0.3) is 0 Å². The predicted molar refractivity (Wildman–Crippen MR) is 96.5 cm³/mol. The Labute approximate surface area is 148 Å². The molecule has 0 aromatic carbocycles. The van der Waals surface area contributed by atoms with E-state index < -0.39 is 0 Å². The van der Waals surface area contributed by atoms with Crippen molar-refractivity contribution in [2.75, 3.05) is 25.9 Å². The Bertz CT molecular complexity index is 713. The van der Waals surface area contributed by atoms with E-state index in [1.807, 2.05) is 6.92 Å². The van der Waals surface area contributed by atoms with Crippen LogP contribution in [0.1, 0.15) is 18.4 Å². The van der Waals surface area contributed by atoms with E-state index in [4.69, 9.17) is 11.6 Å². The maximum atomic E-state index is 12.2. The molecule has 2 aromatic heterocycles. The third-order valence-corrected chi connectivity index (χ3v) is 6.75. The number of hydrogen-bond acceptors (Lipinski definition) is 6. The standard InChI is InChI=1S/C15H19ClN4OS2/c1-9-12-13(23-14(9)16)15(18-8-17-12)22-7-11(21)19-10-3-5-20(2)6-4-10/h8,10H,3-7H2,1-2H3,(H,19,21). The van der Waals surface area contributed by atoms with E-state index >= 15 is 0 Å². The summed E-state index contributed by atoms with van der Waals surface area (Å²) in [5, 5.41) is 3.95. The number of carbonyl (C=O) groups excluding carboxylic acids is 1. The molecule has 0 unspecified atom stereocenters. The molecule has 3 rings (SSSR count). The van der Waals surface area contributed by atoms with E-state index in [1.54, 1.807) is 0 Å². The number of aryl methyl sites for hydroxylation is 1. The Kier molecular flexibility index (Phi) is 5.41. The molecule has 1 N–H and O–H groups in total. The first-order chi connectivity index (χ1) is 11.0. The Balaban J connectivity index is 1.60. The molecule has 0 spiro atoms. The smallest absolute Gasteiger partial charge is 0.230 e. The van der Waals surface area contributed by atoms with Crippen molar-refractivity contribution in [3.63, 3.8) is 0 Å². The molecule has 0 radical (unpaired) electrons. The van der Waals surface area contributed by atoms with Gasteiger partial charge >= 0.3 is 0 Å². The summed E-state index contributed by atoms with van der Waals surface area (Å²) in [7, 11) is 2.11. The molecular weight excluding hydrogens is 352 g/mol. The summed E-state index contributed by atoms with van der Waals surface area (Å²) >= 11 is 9.11. The minimum atomic E-state index is 0.0655. The second-order valence-corrected chi connectivity index (χ2v) is 8.38. The van der Waals surface area contributed by atoms with Gasteiger partial charge in [0.1, 0.15) is 11.4 Å². The molecule has 8 heteroatoms. The van der Waals surface area contributed by atoms with Gasteiger partial charge in [0.15, 0.2) is 0 Å². The van der Waals surface area contributed by atoms with Crippen molar-refractivity contribution in [2.24, 2.45) is 0 Å². The molecule has 1 aliphatic rings. The number of rotatable bonds is 4. The molecule has 5 nitrogen and oxygen atoms in total. The van der Waals surface area contributed by atoms with Gasteiger partial charge in [-0.2, -0.15) is 0 Å². The maximum absolute atomic E-state index is 12.2. The third kappa shape index (κ3) is 3.96. The van der Waals surface area contributed by atoms with Gasteiger partial charge in [-0.3, -0.25) is 4.79 Å². The first-order valence-corrected chi connectivity index (χ1v) is 9.73. The number of likely N-dealkylation sites (tertiary alicyclic amines) is 1. The van der Waals surface area contributed by atoms with Gasteiger partial charge in [0.2, 0.25) is 5.91 Å². The van der Waals surface area contributed by atoms with Gasteiger partial charge < -0.3 is 10.2 Å². The van der Waals surface area contributed by atoms with Crippen LogP contribution in [0.4, 0.5) is 0 Å². The van der Waals surface area contributed by atoms with Crippen molar-refractivity contribution in [1.82, 2.24) is 20.2 Å². The largest absolute Gasteiger partial charge is 0.353 e. The quantitative estimate of drug-likeness (QED) is 0.662. The van der Waals surface area contributed by atoms with Gasteiger partial charge in [0, 0.05) is 11.6 Å². The number of hydrogen-bond donors (Lipinski definition) is 1. The van der Waals surface area contributed by atoms with Crippen LogP contribution in [-0.2, 0) is 4.79 Å². The van der Waals surface area contributed by atoms with E-state index in [9.17, 15) is 4.79 Å². The number of thioether (sulfide) groups is 1. The lowest BCUT2D eigenvalue weighted by Gasteiger charge is -2.29. The minimum Gasteiger partial charge on any atom is -0.353 e. The maximum Gasteiger partial charge on any atom is 0.230 e. The van der Waals surface area contributed by atoms with Crippen LogP contribution in [0.2, 0.25) is 4.34 Å². The third-order valence-electron chi connectivity index (χ3n) is 4.04. The number of nitrogens with one attached hydrogen (secondary N) is 1. The van der Waals surface area contributed by atoms with Crippen LogP contribution in [0.25, 0.3) is 10.2 Å². The number of halogens is 1. The van der Waals surface area contributed by atoms with Crippen LogP contribution < -0.4 is 5.32 Å². The highest BCUT2D eigenvalue weighted by atomic mass is 35.5. The molecule has 3 heterocycles. The van der Waals surface area contributed by atoms with Crippen molar-refractivity contribution in [1.29, 1.82) is 0 Å². The van der Waals surface area contributed by atoms with E-state index in [0.717, 1.165) is 51.1 Å². The molecule has 2 aromatic rings. The molecule has 0 bridgehead atoms. The lowest BCUT2D eigenvalue weighted by Crippen LogP contribution is -2.43. The van der Waals surface area contributed by atoms with Crippen LogP contribution in [0.3, 0.4) is 0 Å². The Morgan fingerprint density at radius 1 is 1.48 bits per heavy atom. The average molecular weight is 371 g/mol. The Hall–Kier alpha value is -0.890. The Morgan fingerprint density at radius 3 is 2.96 bits per heavy atom. The normalized spacial score (nSPS) is 16.8. The topological polar surface area (TPSA) is 58.1 Å². The van der Waals surface area contributed by atoms with Crippen LogP contribution in [0.5, 0.6) is 0 Å². The number of amides is 1. The van der Waals surface area contributed by atoms with Crippen molar-refractivity contribution in [2.45, 2.75) is 30.8 Å². The summed E-state index contributed by atoms with van der Waals surface area (Å²) in [6.07, 6.45) is 3.57. The molecule has 0 atom stereocenters. The Morgan fingerprint density at radius 2 is 2.22 bits per heavy atom. The van der Waals surface area contributed by atoms with Crippen molar-refractivity contribution in [3.05, 3.63) is 16.2 Å². The first kappa shape index (κ1) is 17.0. The molecule has 0 saturated carbocycles. The van der Waals surface area contributed by atoms with Gasteiger partial charge in [-0.05, 0) is 39.9 Å². The summed E-state index contributed by atoms with van der Waals surface area (Å²) in [5.41, 5.74) is 1.86. The lowest BCUT2D eigenvalue weighted by molar-refractivity contribution is -0.119. The highest BCUT2D eigenvalue weighted by Gasteiger charge is 2.19. The fraction of sp³-hybridized carbons (Fsp3) is 0.533. The molecule has 23 heavy (non-hydrogen) atoms. The van der Waals surface area contributed by atoms with Crippen LogP contribution in [0.15, 0.2) is 11.4 Å². The van der Waals surface area contributed by atoms with Crippen LogP contribution >= 0.6 is 34.7 Å². The molecule has 1 fully saturated rings. The predicted octanol–water partition coefficient (Wildman–Crippen LogP) is 2.96. The summed E-state index contributed by atoms with van der Waals surface area (Å²) in [6, 6.07) is 0.295. The van der Waals surface area contributed by atoms with E-state index in [2.05, 4.69) is 27.2 Å². The zero-order valence-corrected chi connectivity index (χ0v) is 15.5. The molecule has 1 aliphatic heterocycles. The molecule has 1 saturated heterocycles.